The predicted molar refractivity (Wildman–Crippen MR) is 102 cm³/mol. The Kier molecular flexibility index (Phi) is 15.9. The van der Waals surface area contributed by atoms with Crippen molar-refractivity contribution < 1.29 is 0 Å². The maximum absolute atomic E-state index is 2.28. The number of rotatable bonds is 11. The fraction of sp³-hybridized carbons (Fsp3) is 0.714. The average molecular weight is 306 g/mol. The van der Waals surface area contributed by atoms with Crippen LogP contribution in [-0.2, 0) is 0 Å². The molecule has 0 amide bonds. The molecule has 1 nitrogen and oxygen atoms in total. The molecule has 1 aromatic carbocycles. The summed E-state index contributed by atoms with van der Waals surface area (Å²) >= 11 is 0. The Labute approximate surface area is 140 Å². The molecule has 22 heavy (non-hydrogen) atoms. The molecule has 0 radical (unpaired) electrons. The van der Waals surface area contributed by atoms with Crippen molar-refractivity contribution in [3.8, 4) is 0 Å². The molecule has 0 aliphatic rings. The molecule has 0 heterocycles. The van der Waals surface area contributed by atoms with E-state index in [0.717, 1.165) is 0 Å². The van der Waals surface area contributed by atoms with Crippen molar-refractivity contribution in [1.82, 2.24) is 4.90 Å². The van der Waals surface area contributed by atoms with Crippen LogP contribution < -0.4 is 0 Å². The standard InChI is InChI=1S/C14H31N.C7H8/c1-4-5-6-7-8-9-10-11-12-13-14-15(2)3;1-7-5-3-2-4-6-7/h4-14H2,1-3H3;2-6H,1H3. The summed E-state index contributed by atoms with van der Waals surface area (Å²) in [6.07, 6.45) is 14.4. The van der Waals surface area contributed by atoms with Crippen LogP contribution in [0.5, 0.6) is 0 Å². The second-order valence-electron chi connectivity index (χ2n) is 6.64. The third kappa shape index (κ3) is 17.2. The van der Waals surface area contributed by atoms with Gasteiger partial charge < -0.3 is 4.90 Å². The third-order valence-electron chi connectivity index (χ3n) is 3.90. The van der Waals surface area contributed by atoms with Gasteiger partial charge in [0.2, 0.25) is 0 Å². The number of nitrogens with zero attached hydrogens (tertiary/aromatic N) is 1. The van der Waals surface area contributed by atoms with Gasteiger partial charge in [0.05, 0.1) is 0 Å². The largest absolute Gasteiger partial charge is 0.309 e. The number of hydrogen-bond donors (Lipinski definition) is 0. The molecule has 0 fully saturated rings. The highest BCUT2D eigenvalue weighted by molar-refractivity contribution is 5.11. The van der Waals surface area contributed by atoms with Gasteiger partial charge in [0.25, 0.3) is 0 Å². The molecular weight excluding hydrogens is 266 g/mol. The third-order valence-corrected chi connectivity index (χ3v) is 3.90. The maximum atomic E-state index is 2.28. The Morgan fingerprint density at radius 1 is 0.682 bits per heavy atom. The smallest absolute Gasteiger partial charge is 0.00248 e. The molecule has 0 spiro atoms. The van der Waals surface area contributed by atoms with Crippen molar-refractivity contribution in [3.05, 3.63) is 35.9 Å². The average Bonchev–Trinajstić information content (AvgIpc) is 2.50. The number of benzene rings is 1. The van der Waals surface area contributed by atoms with E-state index in [0.29, 0.717) is 0 Å². The van der Waals surface area contributed by atoms with Gasteiger partial charge in [-0.2, -0.15) is 0 Å². The maximum Gasteiger partial charge on any atom is -0.00248 e. The summed E-state index contributed by atoms with van der Waals surface area (Å²) in [5.74, 6) is 0. The summed E-state index contributed by atoms with van der Waals surface area (Å²) in [4.78, 5) is 2.28. The Morgan fingerprint density at radius 2 is 1.14 bits per heavy atom. The monoisotopic (exact) mass is 305 g/mol. The lowest BCUT2D eigenvalue weighted by Gasteiger charge is -2.08. The first-order chi connectivity index (χ1) is 10.7. The van der Waals surface area contributed by atoms with Crippen molar-refractivity contribution in [2.45, 2.75) is 78.1 Å². The van der Waals surface area contributed by atoms with E-state index < -0.39 is 0 Å². The predicted octanol–water partition coefficient (Wildman–Crippen LogP) is 6.46. The normalized spacial score (nSPS) is 10.4. The zero-order valence-corrected chi connectivity index (χ0v) is 15.6. The lowest BCUT2D eigenvalue weighted by molar-refractivity contribution is 0.389. The molecule has 0 aliphatic heterocycles. The zero-order chi connectivity index (χ0) is 16.5. The van der Waals surface area contributed by atoms with Gasteiger partial charge in [-0.3, -0.25) is 0 Å². The van der Waals surface area contributed by atoms with Gasteiger partial charge in [-0.1, -0.05) is 101 Å². The second kappa shape index (κ2) is 16.5. The summed E-state index contributed by atoms with van der Waals surface area (Å²) in [5.41, 5.74) is 1.32. The van der Waals surface area contributed by atoms with Crippen LogP contribution in [0.2, 0.25) is 0 Å². The Bertz CT molecular complexity index is 305. The van der Waals surface area contributed by atoms with Crippen LogP contribution in [0.15, 0.2) is 30.3 Å². The van der Waals surface area contributed by atoms with E-state index in [1.807, 2.05) is 18.2 Å². The van der Waals surface area contributed by atoms with Gasteiger partial charge >= 0.3 is 0 Å². The van der Waals surface area contributed by atoms with Crippen LogP contribution in [-0.4, -0.2) is 25.5 Å². The van der Waals surface area contributed by atoms with E-state index in [2.05, 4.69) is 45.0 Å². The molecule has 0 N–H and O–H groups in total. The molecule has 0 bridgehead atoms. The number of unbranched alkanes of at least 4 members (excludes halogenated alkanes) is 9. The first kappa shape index (κ1) is 21.2. The van der Waals surface area contributed by atoms with Gasteiger partial charge in [0, 0.05) is 0 Å². The molecule has 0 atom stereocenters. The molecule has 0 saturated carbocycles. The molecule has 128 valence electrons. The summed E-state index contributed by atoms with van der Waals surface area (Å²) in [6, 6.07) is 10.3. The molecule has 1 heteroatoms. The van der Waals surface area contributed by atoms with Crippen LogP contribution in [0.1, 0.15) is 76.7 Å². The number of aryl methyl sites for hydroxylation is 1. The quantitative estimate of drug-likeness (QED) is 0.424. The van der Waals surface area contributed by atoms with Crippen LogP contribution >= 0.6 is 0 Å². The fourth-order valence-electron chi connectivity index (χ4n) is 2.45. The molecule has 0 aliphatic carbocycles. The Hall–Kier alpha value is -0.820. The summed E-state index contributed by atoms with van der Waals surface area (Å²) in [7, 11) is 4.32. The highest BCUT2D eigenvalue weighted by Gasteiger charge is 1.93. The van der Waals surface area contributed by atoms with Gasteiger partial charge in [0.15, 0.2) is 0 Å². The van der Waals surface area contributed by atoms with E-state index in [1.165, 1.54) is 76.3 Å². The zero-order valence-electron chi connectivity index (χ0n) is 15.6. The van der Waals surface area contributed by atoms with E-state index in [4.69, 9.17) is 0 Å². The molecule has 1 rings (SSSR count). The van der Waals surface area contributed by atoms with Crippen LogP contribution in [0.25, 0.3) is 0 Å². The lowest BCUT2D eigenvalue weighted by Crippen LogP contribution is -2.12. The highest BCUT2D eigenvalue weighted by Crippen LogP contribution is 2.10. The highest BCUT2D eigenvalue weighted by atomic mass is 15.0. The summed E-state index contributed by atoms with van der Waals surface area (Å²) < 4.78 is 0. The van der Waals surface area contributed by atoms with Crippen LogP contribution in [0.3, 0.4) is 0 Å². The molecular formula is C21H39N. The summed E-state index contributed by atoms with van der Waals surface area (Å²) in [6.45, 7) is 5.63. The van der Waals surface area contributed by atoms with E-state index in [-0.39, 0.29) is 0 Å². The molecule has 1 aromatic rings. The van der Waals surface area contributed by atoms with E-state index in [1.54, 1.807) is 0 Å². The van der Waals surface area contributed by atoms with Gasteiger partial charge in [-0.25, -0.2) is 0 Å². The van der Waals surface area contributed by atoms with E-state index in [9.17, 15) is 0 Å². The lowest BCUT2D eigenvalue weighted by atomic mass is 10.1. The summed E-state index contributed by atoms with van der Waals surface area (Å²) in [5, 5.41) is 0. The van der Waals surface area contributed by atoms with Crippen LogP contribution in [0.4, 0.5) is 0 Å². The van der Waals surface area contributed by atoms with Crippen molar-refractivity contribution in [3.63, 3.8) is 0 Å². The molecule has 0 saturated heterocycles. The first-order valence-electron chi connectivity index (χ1n) is 9.33. The Morgan fingerprint density at radius 3 is 1.50 bits per heavy atom. The minimum Gasteiger partial charge on any atom is -0.309 e. The second-order valence-corrected chi connectivity index (χ2v) is 6.64. The minimum absolute atomic E-state index is 1.26. The number of hydrogen-bond acceptors (Lipinski definition) is 1. The van der Waals surface area contributed by atoms with Gasteiger partial charge in [-0.15, -0.1) is 0 Å². The van der Waals surface area contributed by atoms with Crippen molar-refractivity contribution >= 4 is 0 Å². The Balaban J connectivity index is 0.000000518. The van der Waals surface area contributed by atoms with Gasteiger partial charge in [-0.05, 0) is 34.0 Å². The van der Waals surface area contributed by atoms with E-state index >= 15 is 0 Å². The SMILES string of the molecule is CCCCCCCCCCCCN(C)C.Cc1ccccc1. The topological polar surface area (TPSA) is 3.24 Å². The van der Waals surface area contributed by atoms with Gasteiger partial charge in [0.1, 0.15) is 0 Å². The molecule has 0 aromatic heterocycles. The fourth-order valence-corrected chi connectivity index (χ4v) is 2.45. The van der Waals surface area contributed by atoms with Crippen LogP contribution in [0, 0.1) is 6.92 Å². The molecule has 0 unspecified atom stereocenters. The van der Waals surface area contributed by atoms with Crippen molar-refractivity contribution in [2.75, 3.05) is 20.6 Å². The first-order valence-corrected chi connectivity index (χ1v) is 9.33. The van der Waals surface area contributed by atoms with Crippen molar-refractivity contribution in [1.29, 1.82) is 0 Å². The van der Waals surface area contributed by atoms with Crippen molar-refractivity contribution in [2.24, 2.45) is 0 Å². The minimum atomic E-state index is 1.26.